The topological polar surface area (TPSA) is 21.3 Å². The van der Waals surface area contributed by atoms with Gasteiger partial charge in [-0.05, 0) is 61.9 Å². The van der Waals surface area contributed by atoms with Gasteiger partial charge in [0.15, 0.2) is 0 Å². The van der Waals surface area contributed by atoms with E-state index in [1.54, 1.807) is 6.07 Å². The average Bonchev–Trinajstić information content (AvgIpc) is 2.49. The molecule has 1 N–H and O–H groups in total. The van der Waals surface area contributed by atoms with E-state index in [1.165, 1.54) is 5.56 Å². The Bertz CT molecular complexity index is 584. The summed E-state index contributed by atoms with van der Waals surface area (Å²) >= 11 is 12.3. The summed E-state index contributed by atoms with van der Waals surface area (Å²) in [5, 5.41) is 4.77. The predicted octanol–water partition coefficient (Wildman–Crippen LogP) is 4.90. The molecule has 0 amide bonds. The van der Waals surface area contributed by atoms with E-state index in [4.69, 9.17) is 27.9 Å². The Balaban J connectivity index is 2.17. The highest BCUT2D eigenvalue weighted by Crippen LogP contribution is 2.27. The highest BCUT2D eigenvalue weighted by atomic mass is 35.5. The van der Waals surface area contributed by atoms with E-state index in [9.17, 15) is 0 Å². The highest BCUT2D eigenvalue weighted by Gasteiger charge is 2.12. The number of likely N-dealkylation sites (N-methyl/N-ethyl adjacent to an activating group) is 1. The molecular formula is C17H19Cl2NO. The molecule has 1 unspecified atom stereocenters. The molecule has 0 radical (unpaired) electrons. The maximum absolute atomic E-state index is 6.24. The highest BCUT2D eigenvalue weighted by molar-refractivity contribution is 6.33. The number of hydrogen-bond acceptors (Lipinski definition) is 2. The first kappa shape index (κ1) is 16.2. The molecule has 0 bridgehead atoms. The molecule has 0 fully saturated rings. The van der Waals surface area contributed by atoms with Crippen LogP contribution in [0.4, 0.5) is 0 Å². The lowest BCUT2D eigenvalue weighted by atomic mass is 9.99. The molecule has 0 spiro atoms. The van der Waals surface area contributed by atoms with Crippen LogP contribution >= 0.6 is 23.2 Å². The van der Waals surface area contributed by atoms with Crippen molar-refractivity contribution in [3.63, 3.8) is 0 Å². The van der Waals surface area contributed by atoms with Gasteiger partial charge in [0.05, 0.1) is 6.61 Å². The van der Waals surface area contributed by atoms with Gasteiger partial charge in [0.2, 0.25) is 0 Å². The molecule has 2 aromatic rings. The standard InChI is InChI=1S/C17H19Cl2NO/c1-3-21-15-7-4-12(5-8-15)17(20-2)11-13-10-14(18)6-9-16(13)19/h4-10,17,20H,3,11H2,1-2H3. The van der Waals surface area contributed by atoms with Gasteiger partial charge < -0.3 is 10.1 Å². The average molecular weight is 324 g/mol. The zero-order chi connectivity index (χ0) is 15.2. The van der Waals surface area contributed by atoms with E-state index in [-0.39, 0.29) is 6.04 Å². The summed E-state index contributed by atoms with van der Waals surface area (Å²) in [4.78, 5) is 0. The molecule has 112 valence electrons. The van der Waals surface area contributed by atoms with Crippen molar-refractivity contribution in [2.75, 3.05) is 13.7 Å². The number of rotatable bonds is 6. The zero-order valence-electron chi connectivity index (χ0n) is 12.2. The van der Waals surface area contributed by atoms with E-state index in [0.717, 1.165) is 22.8 Å². The van der Waals surface area contributed by atoms with Crippen molar-refractivity contribution in [1.29, 1.82) is 0 Å². The number of hydrogen-bond donors (Lipinski definition) is 1. The molecule has 2 rings (SSSR count). The summed E-state index contributed by atoms with van der Waals surface area (Å²) in [6, 6.07) is 13.9. The van der Waals surface area contributed by atoms with Crippen LogP contribution in [-0.4, -0.2) is 13.7 Å². The predicted molar refractivity (Wildman–Crippen MR) is 89.6 cm³/mol. The maximum atomic E-state index is 6.24. The Morgan fingerprint density at radius 2 is 1.81 bits per heavy atom. The normalized spacial score (nSPS) is 12.2. The van der Waals surface area contributed by atoms with Crippen molar-refractivity contribution < 1.29 is 4.74 Å². The molecule has 0 aliphatic carbocycles. The second-order valence-electron chi connectivity index (χ2n) is 4.78. The minimum atomic E-state index is 0.177. The number of ether oxygens (including phenoxy) is 1. The van der Waals surface area contributed by atoms with Crippen LogP contribution in [0.3, 0.4) is 0 Å². The van der Waals surface area contributed by atoms with Crippen LogP contribution in [0.15, 0.2) is 42.5 Å². The molecule has 2 aromatic carbocycles. The van der Waals surface area contributed by atoms with E-state index < -0.39 is 0 Å². The summed E-state index contributed by atoms with van der Waals surface area (Å²) in [5.74, 6) is 0.886. The smallest absolute Gasteiger partial charge is 0.119 e. The molecule has 1 atom stereocenters. The van der Waals surface area contributed by atoms with Gasteiger partial charge in [-0.2, -0.15) is 0 Å². The Kier molecular flexibility index (Phi) is 5.92. The third-order valence-corrected chi connectivity index (χ3v) is 3.98. The van der Waals surface area contributed by atoms with Crippen molar-refractivity contribution in [3.8, 4) is 5.75 Å². The van der Waals surface area contributed by atoms with Gasteiger partial charge >= 0.3 is 0 Å². The molecule has 0 saturated heterocycles. The van der Waals surface area contributed by atoms with E-state index in [1.807, 2.05) is 38.2 Å². The molecule has 0 heterocycles. The molecule has 0 aromatic heterocycles. The van der Waals surface area contributed by atoms with Crippen LogP contribution < -0.4 is 10.1 Å². The summed E-state index contributed by atoms with van der Waals surface area (Å²) in [5.41, 5.74) is 2.23. The zero-order valence-corrected chi connectivity index (χ0v) is 13.7. The van der Waals surface area contributed by atoms with Crippen LogP contribution in [0.1, 0.15) is 24.1 Å². The fourth-order valence-corrected chi connectivity index (χ4v) is 2.66. The SMILES string of the molecule is CCOc1ccc(C(Cc2cc(Cl)ccc2Cl)NC)cc1. The van der Waals surface area contributed by atoms with Crippen LogP contribution in [0.25, 0.3) is 0 Å². The molecule has 2 nitrogen and oxygen atoms in total. The van der Waals surface area contributed by atoms with Crippen LogP contribution in [-0.2, 0) is 6.42 Å². The second kappa shape index (κ2) is 7.69. The lowest BCUT2D eigenvalue weighted by molar-refractivity contribution is 0.340. The number of nitrogens with one attached hydrogen (secondary N) is 1. The minimum Gasteiger partial charge on any atom is -0.494 e. The first-order valence-electron chi connectivity index (χ1n) is 6.98. The Morgan fingerprint density at radius 1 is 1.10 bits per heavy atom. The summed E-state index contributed by atoms with van der Waals surface area (Å²) < 4.78 is 5.47. The van der Waals surface area contributed by atoms with Gasteiger partial charge in [0.25, 0.3) is 0 Å². The van der Waals surface area contributed by atoms with Crippen molar-refractivity contribution in [2.24, 2.45) is 0 Å². The quantitative estimate of drug-likeness (QED) is 0.816. The largest absolute Gasteiger partial charge is 0.494 e. The molecule has 0 saturated carbocycles. The Hall–Kier alpha value is -1.22. The Labute approximate surface area is 136 Å². The van der Waals surface area contributed by atoms with Crippen LogP contribution in [0.5, 0.6) is 5.75 Å². The summed E-state index contributed by atoms with van der Waals surface area (Å²) in [6.07, 6.45) is 0.782. The van der Waals surface area contributed by atoms with Gasteiger partial charge in [0, 0.05) is 16.1 Å². The van der Waals surface area contributed by atoms with Crippen molar-refractivity contribution in [1.82, 2.24) is 5.32 Å². The molecule has 4 heteroatoms. The molecule has 21 heavy (non-hydrogen) atoms. The Morgan fingerprint density at radius 3 is 2.43 bits per heavy atom. The van der Waals surface area contributed by atoms with E-state index >= 15 is 0 Å². The third kappa shape index (κ3) is 4.37. The van der Waals surface area contributed by atoms with Gasteiger partial charge in [0.1, 0.15) is 5.75 Å². The maximum Gasteiger partial charge on any atom is 0.119 e. The summed E-state index contributed by atoms with van der Waals surface area (Å²) in [7, 11) is 1.94. The minimum absolute atomic E-state index is 0.177. The lowest BCUT2D eigenvalue weighted by Gasteiger charge is -2.18. The van der Waals surface area contributed by atoms with Crippen molar-refractivity contribution in [3.05, 3.63) is 63.6 Å². The molecule has 0 aliphatic rings. The van der Waals surface area contributed by atoms with Gasteiger partial charge in [-0.25, -0.2) is 0 Å². The fourth-order valence-electron chi connectivity index (χ4n) is 2.27. The van der Waals surface area contributed by atoms with E-state index in [0.29, 0.717) is 11.6 Å². The van der Waals surface area contributed by atoms with E-state index in [2.05, 4.69) is 17.4 Å². The first-order valence-corrected chi connectivity index (χ1v) is 7.73. The van der Waals surface area contributed by atoms with Crippen LogP contribution in [0.2, 0.25) is 10.0 Å². The number of halogens is 2. The third-order valence-electron chi connectivity index (χ3n) is 3.37. The fraction of sp³-hybridized carbons (Fsp3) is 0.294. The summed E-state index contributed by atoms with van der Waals surface area (Å²) in [6.45, 7) is 2.65. The van der Waals surface area contributed by atoms with Gasteiger partial charge in [-0.15, -0.1) is 0 Å². The lowest BCUT2D eigenvalue weighted by Crippen LogP contribution is -2.19. The van der Waals surface area contributed by atoms with Crippen LogP contribution in [0, 0.1) is 0 Å². The van der Waals surface area contributed by atoms with Crippen molar-refractivity contribution >= 4 is 23.2 Å². The van der Waals surface area contributed by atoms with Crippen molar-refractivity contribution in [2.45, 2.75) is 19.4 Å². The molecular weight excluding hydrogens is 305 g/mol. The molecule has 0 aliphatic heterocycles. The second-order valence-corrected chi connectivity index (χ2v) is 5.63. The first-order chi connectivity index (χ1) is 10.1. The monoisotopic (exact) mass is 323 g/mol. The van der Waals surface area contributed by atoms with Gasteiger partial charge in [-0.1, -0.05) is 35.3 Å². The van der Waals surface area contributed by atoms with Gasteiger partial charge in [-0.3, -0.25) is 0 Å². The number of benzene rings is 2.